The monoisotopic (exact) mass is 260 g/mol. The molecule has 0 aromatic heterocycles. The van der Waals surface area contributed by atoms with Crippen LogP contribution in [0.4, 0.5) is 0 Å². The summed E-state index contributed by atoms with van der Waals surface area (Å²) in [6.07, 6.45) is 0.431. The molecule has 0 fully saturated rings. The first kappa shape index (κ1) is 13.0. The summed E-state index contributed by atoms with van der Waals surface area (Å²) < 4.78 is 12.3. The Kier molecular flexibility index (Phi) is 3.92. The van der Waals surface area contributed by atoms with Crippen LogP contribution in [0.1, 0.15) is 20.3 Å². The first-order valence-corrected chi connectivity index (χ1v) is 7.27. The summed E-state index contributed by atoms with van der Waals surface area (Å²) in [6, 6.07) is 13.6. The van der Waals surface area contributed by atoms with E-state index in [1.54, 1.807) is 13.8 Å². The van der Waals surface area contributed by atoms with Gasteiger partial charge in [-0.25, -0.2) is 0 Å². The van der Waals surface area contributed by atoms with Crippen LogP contribution < -0.4 is 0 Å². The van der Waals surface area contributed by atoms with Crippen molar-refractivity contribution in [1.82, 2.24) is 0 Å². The van der Waals surface area contributed by atoms with Crippen molar-refractivity contribution >= 4 is 27.4 Å². The summed E-state index contributed by atoms with van der Waals surface area (Å²) in [4.78, 5) is 12.3. The fourth-order valence-electron chi connectivity index (χ4n) is 1.90. The Balaban J connectivity index is 2.36. The predicted molar refractivity (Wildman–Crippen MR) is 75.1 cm³/mol. The predicted octanol–water partition coefficient (Wildman–Crippen LogP) is 3.32. The SMILES string of the molecule is CCC(=O)C(C)S(=O)c1ccc2ccccc2c1. The maximum Gasteiger partial charge on any atom is 0.148 e. The highest BCUT2D eigenvalue weighted by Crippen LogP contribution is 2.20. The van der Waals surface area contributed by atoms with E-state index < -0.39 is 16.0 Å². The molecule has 0 amide bonds. The Labute approximate surface area is 109 Å². The largest absolute Gasteiger partial charge is 0.298 e. The zero-order valence-corrected chi connectivity index (χ0v) is 11.4. The zero-order valence-electron chi connectivity index (χ0n) is 10.6. The second-order valence-electron chi connectivity index (χ2n) is 4.27. The normalized spacial score (nSPS) is 14.3. The standard InChI is InChI=1S/C15H16O2S/c1-3-15(16)11(2)18(17)14-9-8-12-6-4-5-7-13(12)10-14/h4-11H,3H2,1-2H3. The Hall–Kier alpha value is -1.48. The van der Waals surface area contributed by atoms with Gasteiger partial charge in [-0.3, -0.25) is 9.00 Å². The molecule has 0 radical (unpaired) electrons. The summed E-state index contributed by atoms with van der Waals surface area (Å²) in [5.41, 5.74) is 0. The molecule has 0 saturated carbocycles. The van der Waals surface area contributed by atoms with Gasteiger partial charge in [-0.1, -0.05) is 37.3 Å². The van der Waals surface area contributed by atoms with Gasteiger partial charge >= 0.3 is 0 Å². The average Bonchev–Trinajstić information content (AvgIpc) is 2.44. The topological polar surface area (TPSA) is 34.1 Å². The van der Waals surface area contributed by atoms with Gasteiger partial charge < -0.3 is 0 Å². The molecule has 3 heteroatoms. The lowest BCUT2D eigenvalue weighted by Gasteiger charge is -2.10. The van der Waals surface area contributed by atoms with Gasteiger partial charge in [0.05, 0.1) is 16.0 Å². The second-order valence-corrected chi connectivity index (χ2v) is 6.04. The quantitative estimate of drug-likeness (QED) is 0.845. The summed E-state index contributed by atoms with van der Waals surface area (Å²) in [6.45, 7) is 3.54. The smallest absolute Gasteiger partial charge is 0.148 e. The minimum absolute atomic E-state index is 0.0430. The van der Waals surface area contributed by atoms with Crippen molar-refractivity contribution in [3.05, 3.63) is 42.5 Å². The van der Waals surface area contributed by atoms with E-state index in [0.717, 1.165) is 15.7 Å². The molecule has 0 aliphatic carbocycles. The number of hydrogen-bond acceptors (Lipinski definition) is 2. The summed E-state index contributed by atoms with van der Waals surface area (Å²) in [5, 5.41) is 1.74. The van der Waals surface area contributed by atoms with Crippen LogP contribution >= 0.6 is 0 Å². The van der Waals surface area contributed by atoms with Crippen LogP contribution in [0.3, 0.4) is 0 Å². The van der Waals surface area contributed by atoms with Gasteiger partial charge in [-0.05, 0) is 29.8 Å². The van der Waals surface area contributed by atoms with Crippen molar-refractivity contribution in [1.29, 1.82) is 0 Å². The molecule has 0 saturated heterocycles. The van der Waals surface area contributed by atoms with Crippen molar-refractivity contribution in [2.75, 3.05) is 0 Å². The highest BCUT2D eigenvalue weighted by molar-refractivity contribution is 7.86. The van der Waals surface area contributed by atoms with Crippen molar-refractivity contribution in [2.45, 2.75) is 30.4 Å². The van der Waals surface area contributed by atoms with E-state index in [9.17, 15) is 9.00 Å². The molecule has 2 unspecified atom stereocenters. The number of fused-ring (bicyclic) bond motifs is 1. The lowest BCUT2D eigenvalue weighted by atomic mass is 10.1. The molecule has 94 valence electrons. The van der Waals surface area contributed by atoms with Gasteiger partial charge in [0.25, 0.3) is 0 Å². The van der Waals surface area contributed by atoms with E-state index in [2.05, 4.69) is 0 Å². The Morgan fingerprint density at radius 3 is 2.50 bits per heavy atom. The van der Waals surface area contributed by atoms with Crippen molar-refractivity contribution in [3.8, 4) is 0 Å². The van der Waals surface area contributed by atoms with E-state index >= 15 is 0 Å². The maximum atomic E-state index is 12.3. The second kappa shape index (κ2) is 5.44. The molecular formula is C15H16O2S. The van der Waals surface area contributed by atoms with Crippen molar-refractivity contribution in [3.63, 3.8) is 0 Å². The first-order chi connectivity index (χ1) is 8.63. The zero-order chi connectivity index (χ0) is 13.1. The van der Waals surface area contributed by atoms with E-state index in [4.69, 9.17) is 0 Å². The number of benzene rings is 2. The molecule has 18 heavy (non-hydrogen) atoms. The summed E-state index contributed by atoms with van der Waals surface area (Å²) in [7, 11) is -1.26. The summed E-state index contributed by atoms with van der Waals surface area (Å²) in [5.74, 6) is 0.0430. The van der Waals surface area contributed by atoms with Crippen molar-refractivity contribution < 1.29 is 9.00 Å². The third-order valence-electron chi connectivity index (χ3n) is 3.08. The molecule has 0 spiro atoms. The van der Waals surface area contributed by atoms with Gasteiger partial charge in [0.1, 0.15) is 5.78 Å². The fourth-order valence-corrected chi connectivity index (χ4v) is 3.16. The Bertz CT molecular complexity index is 604. The van der Waals surface area contributed by atoms with E-state index in [0.29, 0.717) is 6.42 Å². The van der Waals surface area contributed by atoms with Crippen LogP contribution in [-0.4, -0.2) is 15.2 Å². The molecule has 0 heterocycles. The maximum absolute atomic E-state index is 12.3. The van der Waals surface area contributed by atoms with Crippen LogP contribution in [0.15, 0.2) is 47.4 Å². The van der Waals surface area contributed by atoms with E-state index in [1.165, 1.54) is 0 Å². The van der Waals surface area contributed by atoms with Crippen LogP contribution in [0.25, 0.3) is 10.8 Å². The Morgan fingerprint density at radius 2 is 1.83 bits per heavy atom. The molecule has 2 rings (SSSR count). The molecule has 2 atom stereocenters. The Morgan fingerprint density at radius 1 is 1.17 bits per heavy atom. The van der Waals surface area contributed by atoms with Gasteiger partial charge in [-0.15, -0.1) is 0 Å². The lowest BCUT2D eigenvalue weighted by Crippen LogP contribution is -2.21. The molecule has 2 nitrogen and oxygen atoms in total. The molecule has 0 aliphatic rings. The van der Waals surface area contributed by atoms with Crippen LogP contribution in [0, 0.1) is 0 Å². The highest BCUT2D eigenvalue weighted by atomic mass is 32.2. The van der Waals surface area contributed by atoms with Gasteiger partial charge in [-0.2, -0.15) is 0 Å². The van der Waals surface area contributed by atoms with Crippen LogP contribution in [0.2, 0.25) is 0 Å². The van der Waals surface area contributed by atoms with Crippen LogP contribution in [0.5, 0.6) is 0 Å². The van der Waals surface area contributed by atoms with Crippen LogP contribution in [-0.2, 0) is 15.6 Å². The van der Waals surface area contributed by atoms with Gasteiger partial charge in [0.15, 0.2) is 0 Å². The number of ketones is 1. The third-order valence-corrected chi connectivity index (χ3v) is 4.70. The number of hydrogen-bond donors (Lipinski definition) is 0. The lowest BCUT2D eigenvalue weighted by molar-refractivity contribution is -0.118. The minimum atomic E-state index is -1.26. The fraction of sp³-hybridized carbons (Fsp3) is 0.267. The highest BCUT2D eigenvalue weighted by Gasteiger charge is 2.19. The van der Waals surface area contributed by atoms with Gasteiger partial charge in [0.2, 0.25) is 0 Å². The number of carbonyl (C=O) groups excluding carboxylic acids is 1. The first-order valence-electron chi connectivity index (χ1n) is 6.05. The number of carbonyl (C=O) groups is 1. The molecule has 0 bridgehead atoms. The molecule has 2 aromatic carbocycles. The van der Waals surface area contributed by atoms with Crippen molar-refractivity contribution in [2.24, 2.45) is 0 Å². The molecular weight excluding hydrogens is 244 g/mol. The number of rotatable bonds is 4. The molecule has 0 N–H and O–H groups in total. The molecule has 2 aromatic rings. The third kappa shape index (κ3) is 2.51. The molecule has 0 aliphatic heterocycles. The van der Waals surface area contributed by atoms with E-state index in [-0.39, 0.29) is 5.78 Å². The average molecular weight is 260 g/mol. The van der Waals surface area contributed by atoms with Gasteiger partial charge in [0, 0.05) is 11.3 Å². The summed E-state index contributed by atoms with van der Waals surface area (Å²) >= 11 is 0. The minimum Gasteiger partial charge on any atom is -0.298 e. The number of Topliss-reactive ketones (excluding diaryl/α,β-unsaturated/α-hetero) is 1. The van der Waals surface area contributed by atoms with E-state index in [1.807, 2.05) is 42.5 Å².